The Labute approximate surface area is 140 Å². The van der Waals surface area contributed by atoms with Gasteiger partial charge in [0, 0.05) is 19.0 Å². The molecule has 0 unspecified atom stereocenters. The Morgan fingerprint density at radius 1 is 1.04 bits per heavy atom. The van der Waals surface area contributed by atoms with Crippen molar-refractivity contribution in [2.24, 2.45) is 0 Å². The lowest BCUT2D eigenvalue weighted by atomic mass is 10.0. The lowest BCUT2D eigenvalue weighted by molar-refractivity contribution is 0.0780. The third kappa shape index (κ3) is 3.66. The van der Waals surface area contributed by atoms with Crippen LogP contribution in [0, 0.1) is 6.92 Å². The van der Waals surface area contributed by atoms with Crippen LogP contribution in [0.25, 0.3) is 11.1 Å². The SMILES string of the molecule is Cc1nc(C(=O)N(C)Cc2ccc(-c3ccccc3)cc2)cs1. The molecule has 116 valence electrons. The van der Waals surface area contributed by atoms with E-state index in [1.807, 2.05) is 37.6 Å². The molecule has 0 bridgehead atoms. The van der Waals surface area contributed by atoms with Crippen molar-refractivity contribution >= 4 is 17.2 Å². The fraction of sp³-hybridized carbons (Fsp3) is 0.158. The van der Waals surface area contributed by atoms with Gasteiger partial charge in [-0.15, -0.1) is 11.3 Å². The van der Waals surface area contributed by atoms with Gasteiger partial charge in [-0.05, 0) is 23.6 Å². The monoisotopic (exact) mass is 322 g/mol. The van der Waals surface area contributed by atoms with E-state index in [-0.39, 0.29) is 5.91 Å². The predicted molar refractivity (Wildman–Crippen MR) is 94.5 cm³/mol. The van der Waals surface area contributed by atoms with Crippen LogP contribution in [-0.4, -0.2) is 22.8 Å². The molecular weight excluding hydrogens is 304 g/mol. The molecule has 1 aromatic heterocycles. The van der Waals surface area contributed by atoms with E-state index in [0.29, 0.717) is 12.2 Å². The smallest absolute Gasteiger partial charge is 0.273 e. The molecule has 0 N–H and O–H groups in total. The minimum Gasteiger partial charge on any atom is -0.336 e. The number of nitrogens with zero attached hydrogens (tertiary/aromatic N) is 2. The maximum Gasteiger partial charge on any atom is 0.273 e. The molecule has 0 saturated carbocycles. The number of thiazole rings is 1. The number of aromatic nitrogens is 1. The number of aryl methyl sites for hydroxylation is 1. The van der Waals surface area contributed by atoms with Gasteiger partial charge < -0.3 is 4.90 Å². The number of carbonyl (C=O) groups excluding carboxylic acids is 1. The van der Waals surface area contributed by atoms with Crippen molar-refractivity contribution in [3.63, 3.8) is 0 Å². The summed E-state index contributed by atoms with van der Waals surface area (Å²) in [5.41, 5.74) is 4.00. The summed E-state index contributed by atoms with van der Waals surface area (Å²) >= 11 is 1.50. The molecule has 23 heavy (non-hydrogen) atoms. The van der Waals surface area contributed by atoms with E-state index in [9.17, 15) is 4.79 Å². The van der Waals surface area contributed by atoms with Crippen LogP contribution in [0.15, 0.2) is 60.0 Å². The maximum absolute atomic E-state index is 12.3. The fourth-order valence-corrected chi connectivity index (χ4v) is 3.02. The van der Waals surface area contributed by atoms with Gasteiger partial charge in [0.1, 0.15) is 5.69 Å². The van der Waals surface area contributed by atoms with Gasteiger partial charge in [-0.3, -0.25) is 4.79 Å². The molecule has 0 fully saturated rings. The third-order valence-electron chi connectivity index (χ3n) is 3.67. The maximum atomic E-state index is 12.3. The summed E-state index contributed by atoms with van der Waals surface area (Å²) in [6.45, 7) is 2.48. The molecule has 0 spiro atoms. The highest BCUT2D eigenvalue weighted by Crippen LogP contribution is 2.20. The van der Waals surface area contributed by atoms with Gasteiger partial charge in [0.15, 0.2) is 0 Å². The first-order valence-corrected chi connectivity index (χ1v) is 8.33. The number of carbonyl (C=O) groups is 1. The van der Waals surface area contributed by atoms with Crippen LogP contribution in [0.4, 0.5) is 0 Å². The topological polar surface area (TPSA) is 33.2 Å². The number of hydrogen-bond acceptors (Lipinski definition) is 3. The second kappa shape index (κ2) is 6.75. The van der Waals surface area contributed by atoms with Crippen molar-refractivity contribution in [3.05, 3.63) is 76.2 Å². The van der Waals surface area contributed by atoms with Gasteiger partial charge >= 0.3 is 0 Å². The zero-order chi connectivity index (χ0) is 16.2. The van der Waals surface area contributed by atoms with Crippen LogP contribution in [0.2, 0.25) is 0 Å². The van der Waals surface area contributed by atoms with Gasteiger partial charge in [0.05, 0.1) is 5.01 Å². The molecule has 3 aromatic rings. The molecule has 3 rings (SSSR count). The van der Waals surface area contributed by atoms with Crippen LogP contribution >= 0.6 is 11.3 Å². The van der Waals surface area contributed by atoms with E-state index in [4.69, 9.17) is 0 Å². The Balaban J connectivity index is 1.69. The average Bonchev–Trinajstić information content (AvgIpc) is 3.02. The van der Waals surface area contributed by atoms with Gasteiger partial charge in [0.2, 0.25) is 0 Å². The lowest BCUT2D eigenvalue weighted by Gasteiger charge is -2.16. The summed E-state index contributed by atoms with van der Waals surface area (Å²) in [6, 6.07) is 18.6. The molecule has 4 heteroatoms. The molecule has 1 amide bonds. The first-order valence-electron chi connectivity index (χ1n) is 7.45. The Hall–Kier alpha value is -2.46. The lowest BCUT2D eigenvalue weighted by Crippen LogP contribution is -2.26. The second-order valence-electron chi connectivity index (χ2n) is 5.48. The van der Waals surface area contributed by atoms with E-state index in [2.05, 4.69) is 41.4 Å². The summed E-state index contributed by atoms with van der Waals surface area (Å²) in [5.74, 6) is -0.0403. The Bertz CT molecular complexity index is 794. The first kappa shape index (κ1) is 15.4. The highest BCUT2D eigenvalue weighted by Gasteiger charge is 2.14. The van der Waals surface area contributed by atoms with E-state index in [1.54, 1.807) is 4.90 Å². The largest absolute Gasteiger partial charge is 0.336 e. The van der Waals surface area contributed by atoms with Crippen molar-refractivity contribution in [1.29, 1.82) is 0 Å². The van der Waals surface area contributed by atoms with Gasteiger partial charge in [-0.1, -0.05) is 54.6 Å². The summed E-state index contributed by atoms with van der Waals surface area (Å²) in [5, 5.41) is 2.72. The average molecular weight is 322 g/mol. The third-order valence-corrected chi connectivity index (χ3v) is 4.44. The zero-order valence-corrected chi connectivity index (χ0v) is 14.0. The summed E-state index contributed by atoms with van der Waals surface area (Å²) in [6.07, 6.45) is 0. The molecule has 0 aliphatic carbocycles. The number of hydrogen-bond donors (Lipinski definition) is 0. The van der Waals surface area contributed by atoms with Crippen molar-refractivity contribution in [2.75, 3.05) is 7.05 Å². The van der Waals surface area contributed by atoms with E-state index in [0.717, 1.165) is 10.6 Å². The minimum absolute atomic E-state index is 0.0403. The second-order valence-corrected chi connectivity index (χ2v) is 6.54. The molecule has 3 nitrogen and oxygen atoms in total. The van der Waals surface area contributed by atoms with Crippen molar-refractivity contribution < 1.29 is 4.79 Å². The highest BCUT2D eigenvalue weighted by atomic mass is 32.1. The summed E-state index contributed by atoms with van der Waals surface area (Å²) in [4.78, 5) is 18.3. The molecule has 1 heterocycles. The van der Waals surface area contributed by atoms with Crippen LogP contribution in [-0.2, 0) is 6.54 Å². The molecule has 2 aromatic carbocycles. The fourth-order valence-electron chi connectivity index (χ4n) is 2.44. The van der Waals surface area contributed by atoms with Crippen LogP contribution in [0.3, 0.4) is 0 Å². The highest BCUT2D eigenvalue weighted by molar-refractivity contribution is 7.09. The van der Waals surface area contributed by atoms with Crippen LogP contribution < -0.4 is 0 Å². The standard InChI is InChI=1S/C19H18N2OS/c1-14-20-18(13-23-14)19(22)21(2)12-15-8-10-17(11-9-15)16-6-4-3-5-7-16/h3-11,13H,12H2,1-2H3. The molecule has 0 aliphatic rings. The van der Waals surface area contributed by atoms with Crippen molar-refractivity contribution in [1.82, 2.24) is 9.88 Å². The molecule has 0 saturated heterocycles. The van der Waals surface area contributed by atoms with E-state index < -0.39 is 0 Å². The van der Waals surface area contributed by atoms with Crippen molar-refractivity contribution in [3.8, 4) is 11.1 Å². The molecule has 0 aliphatic heterocycles. The molecule has 0 radical (unpaired) electrons. The summed E-state index contributed by atoms with van der Waals surface area (Å²) < 4.78 is 0. The molecular formula is C19H18N2OS. The van der Waals surface area contributed by atoms with Gasteiger partial charge in [-0.2, -0.15) is 0 Å². The van der Waals surface area contributed by atoms with Gasteiger partial charge in [-0.25, -0.2) is 4.98 Å². The zero-order valence-electron chi connectivity index (χ0n) is 13.2. The quantitative estimate of drug-likeness (QED) is 0.713. The predicted octanol–water partition coefficient (Wildman–Crippen LogP) is 4.39. The number of benzene rings is 2. The van der Waals surface area contributed by atoms with Crippen LogP contribution in [0.5, 0.6) is 0 Å². The molecule has 0 atom stereocenters. The van der Waals surface area contributed by atoms with Crippen LogP contribution in [0.1, 0.15) is 21.1 Å². The minimum atomic E-state index is -0.0403. The number of amides is 1. The number of rotatable bonds is 4. The van der Waals surface area contributed by atoms with Crippen molar-refractivity contribution in [2.45, 2.75) is 13.5 Å². The normalized spacial score (nSPS) is 10.5. The van der Waals surface area contributed by atoms with E-state index >= 15 is 0 Å². The first-order chi connectivity index (χ1) is 11.1. The Morgan fingerprint density at radius 3 is 2.30 bits per heavy atom. The van der Waals surface area contributed by atoms with Gasteiger partial charge in [0.25, 0.3) is 5.91 Å². The summed E-state index contributed by atoms with van der Waals surface area (Å²) in [7, 11) is 1.81. The Morgan fingerprint density at radius 2 is 1.70 bits per heavy atom. The Kier molecular flexibility index (Phi) is 4.53. The van der Waals surface area contributed by atoms with E-state index in [1.165, 1.54) is 22.5 Å².